The van der Waals surface area contributed by atoms with Crippen LogP contribution in [-0.2, 0) is 6.54 Å². The van der Waals surface area contributed by atoms with Gasteiger partial charge in [-0.3, -0.25) is 9.78 Å². The molecule has 1 heterocycles. The third-order valence-corrected chi connectivity index (χ3v) is 4.20. The third-order valence-electron chi connectivity index (χ3n) is 4.20. The second-order valence-corrected chi connectivity index (χ2v) is 6.57. The lowest BCUT2D eigenvalue weighted by molar-refractivity contribution is 0.0954. The minimum Gasteiger partial charge on any atom is -0.354 e. The Balaban J connectivity index is 1.56. The van der Waals surface area contributed by atoms with Gasteiger partial charge < -0.3 is 16.0 Å². The fourth-order valence-corrected chi connectivity index (χ4v) is 2.62. The number of benzene rings is 2. The molecule has 0 saturated carbocycles. The molecule has 1 amide bonds. The van der Waals surface area contributed by atoms with Gasteiger partial charge in [0, 0.05) is 31.2 Å². The summed E-state index contributed by atoms with van der Waals surface area (Å²) in [5.74, 6) is 0.515. The Morgan fingerprint density at radius 3 is 2.41 bits per heavy atom. The summed E-state index contributed by atoms with van der Waals surface area (Å²) in [6, 6.07) is 21.7. The van der Waals surface area contributed by atoms with Crippen molar-refractivity contribution in [2.24, 2.45) is 4.99 Å². The predicted octanol–water partition coefficient (Wildman–Crippen LogP) is 3.38. The van der Waals surface area contributed by atoms with Crippen LogP contribution < -0.4 is 16.0 Å². The van der Waals surface area contributed by atoms with Gasteiger partial charge in [-0.25, -0.2) is 4.99 Å². The van der Waals surface area contributed by atoms with Gasteiger partial charge in [-0.15, -0.1) is 0 Å². The first-order chi connectivity index (χ1) is 14.2. The zero-order valence-electron chi connectivity index (χ0n) is 16.4. The number of aromatic nitrogens is 1. The molecule has 0 atom stereocenters. The van der Waals surface area contributed by atoms with Gasteiger partial charge in [-0.1, -0.05) is 48.0 Å². The number of carbonyl (C=O) groups is 1. The fourth-order valence-electron chi connectivity index (χ4n) is 2.62. The monoisotopic (exact) mass is 387 g/mol. The second kappa shape index (κ2) is 10.6. The molecular weight excluding hydrogens is 362 g/mol. The molecular formula is C23H25N5O. The van der Waals surface area contributed by atoms with Gasteiger partial charge in [0.15, 0.2) is 5.96 Å². The Kier molecular flexibility index (Phi) is 7.34. The van der Waals surface area contributed by atoms with Gasteiger partial charge in [0.05, 0.1) is 12.1 Å². The van der Waals surface area contributed by atoms with E-state index < -0.39 is 0 Å². The lowest BCUT2D eigenvalue weighted by Gasteiger charge is -2.13. The van der Waals surface area contributed by atoms with Crippen LogP contribution in [0.5, 0.6) is 0 Å². The molecule has 148 valence electrons. The standard InChI is InChI=1S/C23H25N5O/c1-18-9-11-19(12-10-18)16-27-23(28-21-7-3-2-4-8-21)26-15-14-25-22(29)20-6-5-13-24-17-20/h2-13,17H,14-16H2,1H3,(H,25,29)(H2,26,27,28). The first-order valence-corrected chi connectivity index (χ1v) is 9.55. The molecule has 3 rings (SSSR count). The smallest absolute Gasteiger partial charge is 0.252 e. The fraction of sp³-hybridized carbons (Fsp3) is 0.174. The van der Waals surface area contributed by atoms with Crippen LogP contribution in [0.25, 0.3) is 0 Å². The summed E-state index contributed by atoms with van der Waals surface area (Å²) in [5.41, 5.74) is 3.85. The first kappa shape index (κ1) is 20.1. The van der Waals surface area contributed by atoms with Crippen molar-refractivity contribution in [1.29, 1.82) is 0 Å². The van der Waals surface area contributed by atoms with Crippen LogP contribution >= 0.6 is 0 Å². The van der Waals surface area contributed by atoms with Crippen molar-refractivity contribution in [2.75, 3.05) is 18.4 Å². The van der Waals surface area contributed by atoms with Gasteiger partial charge in [0.2, 0.25) is 0 Å². The van der Waals surface area contributed by atoms with Gasteiger partial charge in [-0.05, 0) is 36.8 Å². The number of rotatable bonds is 7. The SMILES string of the molecule is Cc1ccc(CN=C(NCCNC(=O)c2cccnc2)Nc2ccccc2)cc1. The number of aryl methyl sites for hydroxylation is 1. The maximum atomic E-state index is 12.1. The number of aliphatic imine (C=N–C) groups is 1. The van der Waals surface area contributed by atoms with E-state index in [1.807, 2.05) is 30.3 Å². The number of hydrogen-bond donors (Lipinski definition) is 3. The lowest BCUT2D eigenvalue weighted by Crippen LogP contribution is -2.38. The Bertz CT molecular complexity index is 925. The van der Waals surface area contributed by atoms with Gasteiger partial charge in [0.25, 0.3) is 5.91 Å². The first-order valence-electron chi connectivity index (χ1n) is 9.55. The van der Waals surface area contributed by atoms with Crippen LogP contribution in [0.4, 0.5) is 5.69 Å². The number of anilines is 1. The highest BCUT2D eigenvalue weighted by Gasteiger charge is 2.05. The van der Waals surface area contributed by atoms with E-state index in [0.717, 1.165) is 11.3 Å². The molecule has 2 aromatic carbocycles. The van der Waals surface area contributed by atoms with Crippen LogP contribution in [0.3, 0.4) is 0 Å². The van der Waals surface area contributed by atoms with Crippen molar-refractivity contribution in [2.45, 2.75) is 13.5 Å². The molecule has 1 aromatic heterocycles. The molecule has 0 unspecified atom stereocenters. The largest absolute Gasteiger partial charge is 0.354 e. The Hall–Kier alpha value is -3.67. The number of carbonyl (C=O) groups excluding carboxylic acids is 1. The molecule has 0 aliphatic carbocycles. The number of para-hydroxylation sites is 1. The quantitative estimate of drug-likeness (QED) is 0.330. The Morgan fingerprint density at radius 2 is 1.69 bits per heavy atom. The van der Waals surface area contributed by atoms with Gasteiger partial charge in [-0.2, -0.15) is 0 Å². The number of guanidine groups is 1. The highest BCUT2D eigenvalue weighted by atomic mass is 16.1. The van der Waals surface area contributed by atoms with Crippen molar-refractivity contribution < 1.29 is 4.79 Å². The zero-order chi connectivity index (χ0) is 20.3. The maximum absolute atomic E-state index is 12.1. The maximum Gasteiger partial charge on any atom is 0.252 e. The molecule has 3 N–H and O–H groups in total. The summed E-state index contributed by atoms with van der Waals surface area (Å²) in [4.78, 5) is 20.7. The van der Waals surface area contributed by atoms with E-state index in [1.165, 1.54) is 5.56 Å². The number of pyridine rings is 1. The highest BCUT2D eigenvalue weighted by Crippen LogP contribution is 2.07. The van der Waals surface area contributed by atoms with Crippen molar-refractivity contribution in [3.05, 3.63) is 95.8 Å². The summed E-state index contributed by atoms with van der Waals surface area (Å²) >= 11 is 0. The summed E-state index contributed by atoms with van der Waals surface area (Å²) in [5, 5.41) is 9.44. The van der Waals surface area contributed by atoms with Crippen molar-refractivity contribution in [3.8, 4) is 0 Å². The van der Waals surface area contributed by atoms with Crippen LogP contribution in [0, 0.1) is 6.92 Å². The molecule has 6 nitrogen and oxygen atoms in total. The van der Waals surface area contributed by atoms with E-state index in [-0.39, 0.29) is 5.91 Å². The highest BCUT2D eigenvalue weighted by molar-refractivity contribution is 5.94. The van der Waals surface area contributed by atoms with E-state index in [0.29, 0.717) is 31.2 Å². The van der Waals surface area contributed by atoms with E-state index in [1.54, 1.807) is 24.5 Å². The topological polar surface area (TPSA) is 78.4 Å². The molecule has 0 aliphatic heterocycles. The summed E-state index contributed by atoms with van der Waals surface area (Å²) < 4.78 is 0. The molecule has 0 radical (unpaired) electrons. The average Bonchev–Trinajstić information content (AvgIpc) is 2.77. The van der Waals surface area contributed by atoms with E-state index in [4.69, 9.17) is 0 Å². The summed E-state index contributed by atoms with van der Waals surface area (Å²) in [7, 11) is 0. The minimum absolute atomic E-state index is 0.144. The van der Waals surface area contributed by atoms with Gasteiger partial charge >= 0.3 is 0 Å². The molecule has 0 spiro atoms. The number of amides is 1. The summed E-state index contributed by atoms with van der Waals surface area (Å²) in [6.45, 7) is 3.63. The second-order valence-electron chi connectivity index (χ2n) is 6.57. The Morgan fingerprint density at radius 1 is 0.931 bits per heavy atom. The normalized spacial score (nSPS) is 11.0. The van der Waals surface area contributed by atoms with E-state index in [2.05, 4.69) is 57.1 Å². The molecule has 0 fully saturated rings. The average molecular weight is 387 g/mol. The Labute approximate surface area is 171 Å². The molecule has 6 heteroatoms. The third kappa shape index (κ3) is 6.77. The van der Waals surface area contributed by atoms with Crippen LogP contribution in [-0.4, -0.2) is 29.9 Å². The predicted molar refractivity (Wildman–Crippen MR) is 117 cm³/mol. The van der Waals surface area contributed by atoms with Gasteiger partial charge in [0.1, 0.15) is 0 Å². The number of nitrogens with one attached hydrogen (secondary N) is 3. The van der Waals surface area contributed by atoms with Crippen LogP contribution in [0.1, 0.15) is 21.5 Å². The van der Waals surface area contributed by atoms with Crippen LogP contribution in [0.15, 0.2) is 84.1 Å². The lowest BCUT2D eigenvalue weighted by atomic mass is 10.1. The molecule has 0 saturated heterocycles. The summed E-state index contributed by atoms with van der Waals surface area (Å²) in [6.07, 6.45) is 3.19. The van der Waals surface area contributed by atoms with E-state index in [9.17, 15) is 4.79 Å². The minimum atomic E-state index is -0.144. The molecule has 3 aromatic rings. The number of hydrogen-bond acceptors (Lipinski definition) is 3. The molecule has 0 bridgehead atoms. The van der Waals surface area contributed by atoms with Crippen molar-refractivity contribution in [3.63, 3.8) is 0 Å². The zero-order valence-corrected chi connectivity index (χ0v) is 16.4. The van der Waals surface area contributed by atoms with Crippen molar-refractivity contribution in [1.82, 2.24) is 15.6 Å². The van der Waals surface area contributed by atoms with Crippen LogP contribution in [0.2, 0.25) is 0 Å². The van der Waals surface area contributed by atoms with Crippen molar-refractivity contribution >= 4 is 17.6 Å². The molecule has 0 aliphatic rings. The number of nitrogens with zero attached hydrogens (tertiary/aromatic N) is 2. The van der Waals surface area contributed by atoms with E-state index >= 15 is 0 Å². The molecule has 29 heavy (non-hydrogen) atoms.